The van der Waals surface area contributed by atoms with Crippen molar-refractivity contribution in [2.24, 2.45) is 0 Å². The molecule has 1 aromatic carbocycles. The lowest BCUT2D eigenvalue weighted by Gasteiger charge is -2.12. The predicted octanol–water partition coefficient (Wildman–Crippen LogP) is 6.56. The fourth-order valence-electron chi connectivity index (χ4n) is 5.35. The maximum Gasteiger partial charge on any atom is 0.434 e. The second-order valence-electron chi connectivity index (χ2n) is 11.3. The highest BCUT2D eigenvalue weighted by Crippen LogP contribution is 2.46. The van der Waals surface area contributed by atoms with Crippen LogP contribution >= 0.6 is 0 Å². The van der Waals surface area contributed by atoms with Gasteiger partial charge in [-0.1, -0.05) is 24.3 Å². The van der Waals surface area contributed by atoms with Crippen molar-refractivity contribution in [2.45, 2.75) is 70.1 Å². The van der Waals surface area contributed by atoms with Crippen LogP contribution in [0.5, 0.6) is 5.88 Å². The molecule has 2 fully saturated rings. The van der Waals surface area contributed by atoms with E-state index in [1.165, 1.54) is 6.33 Å². The molecule has 42 heavy (non-hydrogen) atoms. The van der Waals surface area contributed by atoms with Gasteiger partial charge in [-0.3, -0.25) is 0 Å². The molecule has 9 nitrogen and oxygen atoms in total. The first-order valence-electron chi connectivity index (χ1n) is 14.1. The lowest BCUT2D eigenvalue weighted by molar-refractivity contribution is -0.140. The predicted molar refractivity (Wildman–Crippen MR) is 149 cm³/mol. The van der Waals surface area contributed by atoms with Gasteiger partial charge in [-0.15, -0.1) is 0 Å². The minimum absolute atomic E-state index is 0.178. The molecule has 0 unspecified atom stereocenters. The first-order chi connectivity index (χ1) is 20.2. The number of nitrogens with zero attached hydrogens (tertiary/aromatic N) is 8. The molecule has 0 atom stereocenters. The molecular formula is C30H29F3N8O. The van der Waals surface area contributed by atoms with E-state index in [2.05, 4.69) is 15.0 Å². The Balaban J connectivity index is 1.26. The van der Waals surface area contributed by atoms with Gasteiger partial charge in [0.05, 0.1) is 30.4 Å². The number of halogens is 3. The average molecular weight is 575 g/mol. The van der Waals surface area contributed by atoms with Gasteiger partial charge in [0.25, 0.3) is 0 Å². The molecule has 12 heteroatoms. The Morgan fingerprint density at radius 2 is 1.67 bits per heavy atom. The zero-order valence-corrected chi connectivity index (χ0v) is 23.4. The van der Waals surface area contributed by atoms with Crippen LogP contribution in [0.3, 0.4) is 0 Å². The fourth-order valence-corrected chi connectivity index (χ4v) is 5.35. The molecule has 0 aliphatic heterocycles. The summed E-state index contributed by atoms with van der Waals surface area (Å²) in [5, 5.41) is 5.87. The van der Waals surface area contributed by atoms with Crippen LogP contribution in [0.4, 0.5) is 13.2 Å². The van der Waals surface area contributed by atoms with Crippen molar-refractivity contribution in [3.63, 3.8) is 0 Å². The number of alkyl halides is 3. The molecule has 4 aromatic heterocycles. The third-order valence-electron chi connectivity index (χ3n) is 7.83. The van der Waals surface area contributed by atoms with Crippen molar-refractivity contribution in [1.82, 2.24) is 39.3 Å². The van der Waals surface area contributed by atoms with Gasteiger partial charge in [0, 0.05) is 35.8 Å². The van der Waals surface area contributed by atoms with E-state index in [4.69, 9.17) is 19.8 Å². The topological polar surface area (TPSA) is 96.4 Å². The molecule has 2 saturated carbocycles. The Morgan fingerprint density at radius 1 is 0.952 bits per heavy atom. The van der Waals surface area contributed by atoms with E-state index >= 15 is 0 Å². The summed E-state index contributed by atoms with van der Waals surface area (Å²) in [4.78, 5) is 22.5. The lowest BCUT2D eigenvalue weighted by Crippen LogP contribution is -2.06. The smallest absolute Gasteiger partial charge is 0.434 e. The SMILES string of the molecule is COc1ncnc(C2CC2)c1-c1ncc2c(C3CC3)nn(Cc3ccc(-c4nc(C(F)(F)F)cn4C(C)C)cc3)c2n1. The van der Waals surface area contributed by atoms with Crippen LogP contribution in [0.15, 0.2) is 43.0 Å². The average Bonchev–Trinajstić information content (AvgIpc) is 3.92. The maximum absolute atomic E-state index is 13.4. The first kappa shape index (κ1) is 26.5. The third-order valence-corrected chi connectivity index (χ3v) is 7.83. The highest BCUT2D eigenvalue weighted by molar-refractivity contribution is 5.81. The van der Waals surface area contributed by atoms with Gasteiger partial charge in [0.1, 0.15) is 17.7 Å². The monoisotopic (exact) mass is 574 g/mol. The summed E-state index contributed by atoms with van der Waals surface area (Å²) in [6, 6.07) is 7.22. The summed E-state index contributed by atoms with van der Waals surface area (Å²) in [5.41, 5.74) is 3.97. The zero-order chi connectivity index (χ0) is 29.2. The van der Waals surface area contributed by atoms with Crippen molar-refractivity contribution in [1.29, 1.82) is 0 Å². The van der Waals surface area contributed by atoms with E-state index in [0.29, 0.717) is 46.9 Å². The summed E-state index contributed by atoms with van der Waals surface area (Å²) in [6.45, 7) is 4.10. The summed E-state index contributed by atoms with van der Waals surface area (Å²) >= 11 is 0. The second-order valence-corrected chi connectivity index (χ2v) is 11.3. The van der Waals surface area contributed by atoms with E-state index in [9.17, 15) is 13.2 Å². The third kappa shape index (κ3) is 4.78. The van der Waals surface area contributed by atoms with Gasteiger partial charge in [-0.25, -0.2) is 29.6 Å². The fraction of sp³-hybridized carbons (Fsp3) is 0.400. The molecule has 2 aliphatic rings. The molecule has 2 aliphatic carbocycles. The van der Waals surface area contributed by atoms with Crippen LogP contribution in [0, 0.1) is 0 Å². The normalized spacial score (nSPS) is 15.6. The lowest BCUT2D eigenvalue weighted by atomic mass is 10.1. The van der Waals surface area contributed by atoms with Gasteiger partial charge >= 0.3 is 6.18 Å². The van der Waals surface area contributed by atoms with Crippen molar-refractivity contribution in [2.75, 3.05) is 7.11 Å². The maximum atomic E-state index is 13.4. The molecule has 0 amide bonds. The number of rotatable bonds is 8. The van der Waals surface area contributed by atoms with E-state index in [0.717, 1.165) is 54.2 Å². The molecule has 0 saturated heterocycles. The number of imidazole rings is 1. The number of methoxy groups -OCH3 is 1. The van der Waals surface area contributed by atoms with Crippen molar-refractivity contribution in [3.05, 3.63) is 65.6 Å². The molecule has 0 bridgehead atoms. The Kier molecular flexibility index (Phi) is 6.25. The van der Waals surface area contributed by atoms with Crippen LogP contribution in [-0.4, -0.2) is 46.4 Å². The van der Waals surface area contributed by atoms with E-state index in [1.54, 1.807) is 23.8 Å². The van der Waals surface area contributed by atoms with Gasteiger partial charge in [0.2, 0.25) is 5.88 Å². The van der Waals surface area contributed by atoms with Crippen molar-refractivity contribution >= 4 is 11.0 Å². The van der Waals surface area contributed by atoms with Crippen LogP contribution in [0.25, 0.3) is 33.8 Å². The quantitative estimate of drug-likeness (QED) is 0.207. The summed E-state index contributed by atoms with van der Waals surface area (Å²) in [5.74, 6) is 1.97. The van der Waals surface area contributed by atoms with Gasteiger partial charge < -0.3 is 9.30 Å². The number of hydrogen-bond donors (Lipinski definition) is 0. The Bertz CT molecular complexity index is 1780. The first-order valence-corrected chi connectivity index (χ1v) is 14.1. The van der Waals surface area contributed by atoms with E-state index < -0.39 is 11.9 Å². The molecule has 0 N–H and O–H groups in total. The number of ether oxygens (including phenoxy) is 1. The molecular weight excluding hydrogens is 545 g/mol. The summed E-state index contributed by atoms with van der Waals surface area (Å²) in [6.07, 6.45) is 4.20. The largest absolute Gasteiger partial charge is 0.480 e. The van der Waals surface area contributed by atoms with Crippen LogP contribution in [-0.2, 0) is 12.7 Å². The Labute approximate surface area is 239 Å². The van der Waals surface area contributed by atoms with Crippen LogP contribution in [0.2, 0.25) is 0 Å². The Morgan fingerprint density at radius 3 is 2.31 bits per heavy atom. The molecule has 5 aromatic rings. The number of benzene rings is 1. The Hall–Kier alpha value is -4.35. The van der Waals surface area contributed by atoms with Gasteiger partial charge in [-0.05, 0) is 45.1 Å². The van der Waals surface area contributed by atoms with Crippen LogP contribution in [0.1, 0.15) is 80.1 Å². The number of aromatic nitrogens is 8. The highest BCUT2D eigenvalue weighted by atomic mass is 19.4. The summed E-state index contributed by atoms with van der Waals surface area (Å²) < 4.78 is 49.2. The molecule has 216 valence electrons. The molecule has 0 radical (unpaired) electrons. The van der Waals surface area contributed by atoms with Crippen molar-refractivity contribution in [3.8, 4) is 28.7 Å². The molecule has 7 rings (SSSR count). The minimum atomic E-state index is -4.51. The standard InChI is InChI=1S/C30H29F3N8O/c1-16(2)40-14-22(30(31,32)33)37-27(40)20-6-4-17(5-7-20)13-41-28-21(24(39-41)18-8-9-18)12-34-26(38-28)23-25(19-10-11-19)35-15-36-29(23)42-3/h4-7,12,14-16,18-19H,8-11,13H2,1-3H3. The van der Waals surface area contributed by atoms with Gasteiger partial charge in [-0.2, -0.15) is 18.3 Å². The highest BCUT2D eigenvalue weighted by Gasteiger charge is 2.36. The van der Waals surface area contributed by atoms with Gasteiger partial charge in [0.15, 0.2) is 17.2 Å². The van der Waals surface area contributed by atoms with Crippen molar-refractivity contribution < 1.29 is 17.9 Å². The summed E-state index contributed by atoms with van der Waals surface area (Å²) in [7, 11) is 1.58. The second kappa shape index (κ2) is 9.88. The van der Waals surface area contributed by atoms with Crippen LogP contribution < -0.4 is 4.74 Å². The number of hydrogen-bond acceptors (Lipinski definition) is 7. The minimum Gasteiger partial charge on any atom is -0.480 e. The van der Waals surface area contributed by atoms with E-state index in [1.807, 2.05) is 36.9 Å². The van der Waals surface area contributed by atoms with E-state index in [-0.39, 0.29) is 11.9 Å². The zero-order valence-electron chi connectivity index (χ0n) is 23.4. The molecule has 0 spiro atoms. The number of fused-ring (bicyclic) bond motifs is 1. The molecule has 4 heterocycles.